The van der Waals surface area contributed by atoms with Crippen LogP contribution >= 0.6 is 0 Å². The summed E-state index contributed by atoms with van der Waals surface area (Å²) < 4.78 is 30.2. The highest BCUT2D eigenvalue weighted by molar-refractivity contribution is 5.84. The molecule has 13 heteroatoms. The number of carbonyl (C=O) groups is 1. The molecule has 0 unspecified atom stereocenters. The monoisotopic (exact) mass is 820 g/mol. The van der Waals surface area contributed by atoms with Crippen molar-refractivity contribution in [3.8, 4) is 0 Å². The van der Waals surface area contributed by atoms with E-state index in [9.17, 15) is 35.4 Å². The Labute approximate surface area is 344 Å². The minimum atomic E-state index is -1.62. The smallest absolute Gasteiger partial charge is 0.229 e. The molecule has 3 heterocycles. The molecule has 330 valence electrons. The second-order valence-electron chi connectivity index (χ2n) is 21.6. The maximum absolute atomic E-state index is 14.7. The predicted octanol–water partition coefficient (Wildman–Crippen LogP) is 3.30. The lowest BCUT2D eigenvalue weighted by Gasteiger charge is -2.71. The zero-order valence-corrected chi connectivity index (χ0v) is 36.0. The summed E-state index contributed by atoms with van der Waals surface area (Å²) in [5, 5.41) is 64.6. The number of morpholine rings is 1. The summed E-state index contributed by atoms with van der Waals surface area (Å²) >= 11 is 0. The molecule has 18 atom stereocenters. The zero-order chi connectivity index (χ0) is 41.8. The first kappa shape index (κ1) is 43.4. The fourth-order valence-corrected chi connectivity index (χ4v) is 14.4. The summed E-state index contributed by atoms with van der Waals surface area (Å²) in [6.07, 6.45) is -0.584. The van der Waals surface area contributed by atoms with Crippen LogP contribution < -0.4 is 0 Å². The molecule has 13 nitrogen and oxygen atoms in total. The van der Waals surface area contributed by atoms with E-state index < -0.39 is 66.8 Å². The van der Waals surface area contributed by atoms with E-state index in [0.29, 0.717) is 44.5 Å². The second-order valence-corrected chi connectivity index (χ2v) is 21.6. The average Bonchev–Trinajstić information content (AvgIpc) is 3.19. The molecule has 0 radical (unpaired) electrons. The molecule has 58 heavy (non-hydrogen) atoms. The number of allylic oxidation sites excluding steroid dienone is 2. The van der Waals surface area contributed by atoms with Crippen molar-refractivity contribution in [2.45, 2.75) is 174 Å². The maximum atomic E-state index is 14.7. The molecule has 0 aromatic carbocycles. The van der Waals surface area contributed by atoms with E-state index >= 15 is 0 Å². The van der Waals surface area contributed by atoms with Crippen molar-refractivity contribution in [2.75, 3.05) is 39.5 Å². The lowest BCUT2D eigenvalue weighted by molar-refractivity contribution is -0.365. The summed E-state index contributed by atoms with van der Waals surface area (Å²) in [6, 6.07) is 0. The van der Waals surface area contributed by atoms with Crippen molar-refractivity contribution >= 4 is 5.91 Å². The average molecular weight is 820 g/mol. The Kier molecular flexibility index (Phi) is 11.4. The lowest BCUT2D eigenvalue weighted by Crippen LogP contribution is -2.67. The van der Waals surface area contributed by atoms with Crippen LogP contribution in [0.3, 0.4) is 0 Å². The van der Waals surface area contributed by atoms with Gasteiger partial charge in [-0.1, -0.05) is 53.2 Å². The standard InChI is InChI=1S/C45H73NO12/c1-25-32(49)34(51)35(52)37(56-25)58-36-33(50)28(48)23-55-38(36)57-31-11-12-41(4)29(42(31,5)24-47)10-13-44(7)30(41)9-8-26-27-22-40(2,3)14-16-45(27,17-15-43(26,44)6)39(53)46-18-20-54-21-19-46/h8,25,27-38,47-52H,9-24H2,1-7H3/t25-,27-,28-,29+,30+,31-,32-,33-,34+,35+,36+,37-,38-,41-,42-,43+,44+,45-/m0/s1. The largest absolute Gasteiger partial charge is 0.396 e. The number of amides is 1. The first-order chi connectivity index (χ1) is 27.3. The number of rotatable bonds is 6. The fraction of sp³-hybridized carbons (Fsp3) is 0.933. The highest BCUT2D eigenvalue weighted by Crippen LogP contribution is 2.76. The van der Waals surface area contributed by atoms with Crippen LogP contribution in [0.5, 0.6) is 0 Å². The maximum Gasteiger partial charge on any atom is 0.229 e. The molecule has 1 amide bonds. The van der Waals surface area contributed by atoms with Gasteiger partial charge in [0.15, 0.2) is 12.6 Å². The van der Waals surface area contributed by atoms with Crippen LogP contribution in [0, 0.1) is 50.2 Å². The van der Waals surface area contributed by atoms with Gasteiger partial charge in [0.1, 0.15) is 36.6 Å². The Bertz CT molecular complexity index is 1570. The Morgan fingerprint density at radius 3 is 2.24 bits per heavy atom. The van der Waals surface area contributed by atoms with Crippen molar-refractivity contribution in [3.05, 3.63) is 11.6 Å². The van der Waals surface area contributed by atoms with Crippen LogP contribution in [0.25, 0.3) is 0 Å². The van der Waals surface area contributed by atoms with Gasteiger partial charge in [0, 0.05) is 18.5 Å². The van der Waals surface area contributed by atoms with Gasteiger partial charge in [0.2, 0.25) is 5.91 Å². The predicted molar refractivity (Wildman–Crippen MR) is 212 cm³/mol. The highest BCUT2D eigenvalue weighted by Gasteiger charge is 2.70. The third-order valence-corrected chi connectivity index (χ3v) is 18.3. The van der Waals surface area contributed by atoms with Gasteiger partial charge in [0.25, 0.3) is 0 Å². The number of fused-ring (bicyclic) bond motifs is 7. The van der Waals surface area contributed by atoms with Crippen LogP contribution in [-0.4, -0.2) is 142 Å². The van der Waals surface area contributed by atoms with E-state index in [1.807, 2.05) is 0 Å². The van der Waals surface area contributed by atoms with E-state index in [2.05, 4.69) is 52.5 Å². The van der Waals surface area contributed by atoms with Gasteiger partial charge < -0.3 is 59.2 Å². The zero-order valence-electron chi connectivity index (χ0n) is 36.0. The second kappa shape index (κ2) is 15.2. The number of ether oxygens (including phenoxy) is 5. The Morgan fingerprint density at radius 2 is 1.53 bits per heavy atom. The van der Waals surface area contributed by atoms with Gasteiger partial charge >= 0.3 is 0 Å². The van der Waals surface area contributed by atoms with Crippen molar-refractivity contribution in [1.82, 2.24) is 4.90 Å². The number of nitrogens with zero attached hydrogens (tertiary/aromatic N) is 1. The molecule has 3 aliphatic heterocycles. The van der Waals surface area contributed by atoms with Crippen LogP contribution in [-0.2, 0) is 28.5 Å². The molecule has 0 aromatic rings. The summed E-state index contributed by atoms with van der Waals surface area (Å²) in [7, 11) is 0. The van der Waals surface area contributed by atoms with Crippen molar-refractivity contribution in [1.29, 1.82) is 0 Å². The normalized spacial score (nSPS) is 53.0. The quantitative estimate of drug-likeness (QED) is 0.170. The summed E-state index contributed by atoms with van der Waals surface area (Å²) in [4.78, 5) is 16.8. The van der Waals surface area contributed by atoms with E-state index in [-0.39, 0.29) is 52.1 Å². The highest BCUT2D eigenvalue weighted by atomic mass is 16.8. The molecule has 0 bridgehead atoms. The van der Waals surface area contributed by atoms with E-state index in [4.69, 9.17) is 23.7 Å². The summed E-state index contributed by atoms with van der Waals surface area (Å²) in [5.41, 5.74) is 0.455. The molecule has 6 N–H and O–H groups in total. The number of aliphatic hydroxyl groups is 6. The number of aliphatic hydroxyl groups excluding tert-OH is 6. The van der Waals surface area contributed by atoms with Crippen LogP contribution in [0.4, 0.5) is 0 Å². The molecule has 4 saturated carbocycles. The SMILES string of the molecule is C[C@@H]1O[C@@H](O[C@H]2[C@H](O[C@H]3CC[C@@]4(C)[C@@H](CC[C@]5(C)[C@@H]4CC=C4[C@@H]6CC(C)(C)CC[C@]6(C(=O)N6CCOCC6)CC[C@]45C)[C@]3(C)CO)OC[C@H](O)[C@@H]2O)[C@H](O)[C@H](O)[C@H]1O. The molecule has 7 fully saturated rings. The Balaban J connectivity index is 1.06. The summed E-state index contributed by atoms with van der Waals surface area (Å²) in [5.74, 6) is 1.03. The van der Waals surface area contributed by atoms with Crippen molar-refractivity contribution < 1.29 is 59.1 Å². The summed E-state index contributed by atoms with van der Waals surface area (Å²) in [6.45, 7) is 18.2. The molecule has 5 aliphatic carbocycles. The first-order valence-corrected chi connectivity index (χ1v) is 22.4. The third-order valence-electron chi connectivity index (χ3n) is 18.3. The van der Waals surface area contributed by atoms with Gasteiger partial charge in [-0.3, -0.25) is 4.79 Å². The molecule has 8 aliphatic rings. The molecule has 0 aromatic heterocycles. The van der Waals surface area contributed by atoms with Gasteiger partial charge in [0.05, 0.1) is 44.1 Å². The Morgan fingerprint density at radius 1 is 0.828 bits per heavy atom. The van der Waals surface area contributed by atoms with E-state index in [1.165, 1.54) is 5.57 Å². The van der Waals surface area contributed by atoms with Crippen LogP contribution in [0.2, 0.25) is 0 Å². The lowest BCUT2D eigenvalue weighted by atomic mass is 9.33. The van der Waals surface area contributed by atoms with Crippen LogP contribution in [0.15, 0.2) is 11.6 Å². The van der Waals surface area contributed by atoms with Crippen LogP contribution in [0.1, 0.15) is 113 Å². The molecule has 8 rings (SSSR count). The molecular weight excluding hydrogens is 746 g/mol. The number of carbonyl (C=O) groups excluding carboxylic acids is 1. The molecule has 3 saturated heterocycles. The topological polar surface area (TPSA) is 188 Å². The van der Waals surface area contributed by atoms with Crippen molar-refractivity contribution in [2.24, 2.45) is 50.2 Å². The number of hydrogen-bond acceptors (Lipinski definition) is 12. The van der Waals surface area contributed by atoms with Gasteiger partial charge in [-0.05, 0) is 111 Å². The molecular formula is C45H73NO12. The van der Waals surface area contributed by atoms with E-state index in [0.717, 1.165) is 57.8 Å². The minimum absolute atomic E-state index is 0.00999. The van der Waals surface area contributed by atoms with Gasteiger partial charge in [-0.2, -0.15) is 0 Å². The Hall–Kier alpha value is -1.23. The fourth-order valence-electron chi connectivity index (χ4n) is 14.4. The third kappa shape index (κ3) is 6.53. The van der Waals surface area contributed by atoms with Crippen molar-refractivity contribution in [3.63, 3.8) is 0 Å². The van der Waals surface area contributed by atoms with Gasteiger partial charge in [-0.25, -0.2) is 0 Å². The number of hydrogen-bond donors (Lipinski definition) is 6. The molecule has 0 spiro atoms. The first-order valence-electron chi connectivity index (χ1n) is 22.4. The minimum Gasteiger partial charge on any atom is -0.396 e. The van der Waals surface area contributed by atoms with E-state index in [1.54, 1.807) is 6.92 Å². The van der Waals surface area contributed by atoms with Gasteiger partial charge in [-0.15, -0.1) is 0 Å².